The van der Waals surface area contributed by atoms with Crippen LogP contribution in [-0.4, -0.2) is 15.0 Å². The number of imidazole rings is 1. The Morgan fingerprint density at radius 2 is 2.11 bits per heavy atom. The van der Waals surface area contributed by atoms with Crippen molar-refractivity contribution in [2.45, 2.75) is 13.5 Å². The Bertz CT molecular complexity index is 639. The van der Waals surface area contributed by atoms with Crippen molar-refractivity contribution in [3.63, 3.8) is 0 Å². The Morgan fingerprint density at radius 1 is 1.22 bits per heavy atom. The van der Waals surface area contributed by atoms with Crippen molar-refractivity contribution >= 4 is 17.0 Å². The summed E-state index contributed by atoms with van der Waals surface area (Å²) >= 11 is 0. The lowest BCUT2D eigenvalue weighted by Gasteiger charge is -2.05. The summed E-state index contributed by atoms with van der Waals surface area (Å²) in [6.07, 6.45) is 3.69. The van der Waals surface area contributed by atoms with Crippen molar-refractivity contribution in [3.05, 3.63) is 53.9 Å². The number of benzene rings is 1. The molecular weight excluding hydrogens is 224 g/mol. The predicted molar refractivity (Wildman–Crippen MR) is 72.4 cm³/mol. The van der Waals surface area contributed by atoms with Gasteiger partial charge in [-0.1, -0.05) is 12.1 Å². The summed E-state index contributed by atoms with van der Waals surface area (Å²) in [7, 11) is 0. The number of H-pyrrole nitrogens is 1. The lowest BCUT2D eigenvalue weighted by atomic mass is 10.2. The van der Waals surface area contributed by atoms with Gasteiger partial charge in [-0.2, -0.15) is 0 Å². The van der Waals surface area contributed by atoms with Crippen molar-refractivity contribution in [3.8, 4) is 0 Å². The number of rotatable bonds is 3. The molecule has 18 heavy (non-hydrogen) atoms. The molecule has 0 spiro atoms. The standard InChI is InChI=1S/C14H14N4/c1-10-6-7-15-8-11(10)9-16-14-17-12-4-2-3-5-13(12)18-14/h2-8H,9H2,1H3,(H2,16,17,18). The van der Waals surface area contributed by atoms with Crippen molar-refractivity contribution in [1.82, 2.24) is 15.0 Å². The number of aryl methyl sites for hydroxylation is 1. The molecule has 1 aromatic carbocycles. The largest absolute Gasteiger partial charge is 0.352 e. The molecule has 4 nitrogen and oxygen atoms in total. The van der Waals surface area contributed by atoms with Crippen molar-refractivity contribution < 1.29 is 0 Å². The lowest BCUT2D eigenvalue weighted by molar-refractivity contribution is 1.05. The number of anilines is 1. The molecule has 3 rings (SSSR count). The van der Waals surface area contributed by atoms with Crippen LogP contribution in [-0.2, 0) is 6.54 Å². The summed E-state index contributed by atoms with van der Waals surface area (Å²) in [4.78, 5) is 11.8. The lowest BCUT2D eigenvalue weighted by Crippen LogP contribution is -2.02. The van der Waals surface area contributed by atoms with Crippen LogP contribution in [0.1, 0.15) is 11.1 Å². The van der Waals surface area contributed by atoms with E-state index in [4.69, 9.17) is 0 Å². The maximum absolute atomic E-state index is 4.47. The average molecular weight is 238 g/mol. The third-order valence-electron chi connectivity index (χ3n) is 2.98. The van der Waals surface area contributed by atoms with Crippen LogP contribution in [0.5, 0.6) is 0 Å². The van der Waals surface area contributed by atoms with E-state index in [2.05, 4.69) is 27.2 Å². The molecule has 0 saturated carbocycles. The molecule has 4 heteroatoms. The first kappa shape index (κ1) is 10.8. The molecule has 0 radical (unpaired) electrons. The van der Waals surface area contributed by atoms with Crippen LogP contribution in [0.25, 0.3) is 11.0 Å². The zero-order valence-electron chi connectivity index (χ0n) is 10.1. The topological polar surface area (TPSA) is 53.6 Å². The Morgan fingerprint density at radius 3 is 2.94 bits per heavy atom. The number of hydrogen-bond donors (Lipinski definition) is 2. The molecule has 2 heterocycles. The van der Waals surface area contributed by atoms with Crippen LogP contribution in [0.15, 0.2) is 42.7 Å². The van der Waals surface area contributed by atoms with E-state index in [-0.39, 0.29) is 0 Å². The highest BCUT2D eigenvalue weighted by atomic mass is 15.1. The molecule has 2 aromatic heterocycles. The highest BCUT2D eigenvalue weighted by molar-refractivity contribution is 5.77. The van der Waals surface area contributed by atoms with Gasteiger partial charge in [-0.05, 0) is 36.2 Å². The number of hydrogen-bond acceptors (Lipinski definition) is 3. The number of aromatic amines is 1. The normalized spacial score (nSPS) is 10.7. The van der Waals surface area contributed by atoms with Gasteiger partial charge in [-0.3, -0.25) is 4.98 Å². The molecule has 0 amide bonds. The maximum atomic E-state index is 4.47. The number of pyridine rings is 1. The summed E-state index contributed by atoms with van der Waals surface area (Å²) in [5.41, 5.74) is 4.43. The molecule has 90 valence electrons. The van der Waals surface area contributed by atoms with Gasteiger partial charge in [-0.15, -0.1) is 0 Å². The smallest absolute Gasteiger partial charge is 0.201 e. The van der Waals surface area contributed by atoms with Gasteiger partial charge in [0.2, 0.25) is 5.95 Å². The minimum absolute atomic E-state index is 0.722. The molecule has 0 fully saturated rings. The van der Waals surface area contributed by atoms with Crippen LogP contribution in [0.4, 0.5) is 5.95 Å². The molecule has 2 N–H and O–H groups in total. The zero-order chi connectivity index (χ0) is 12.4. The molecule has 0 aliphatic heterocycles. The summed E-state index contributed by atoms with van der Waals surface area (Å²) in [6, 6.07) is 10.00. The highest BCUT2D eigenvalue weighted by Crippen LogP contribution is 2.14. The predicted octanol–water partition coefficient (Wildman–Crippen LogP) is 2.88. The van der Waals surface area contributed by atoms with Crippen molar-refractivity contribution in [2.24, 2.45) is 0 Å². The Balaban J connectivity index is 1.79. The Hall–Kier alpha value is -2.36. The fourth-order valence-electron chi connectivity index (χ4n) is 1.90. The van der Waals surface area contributed by atoms with Gasteiger partial charge in [0, 0.05) is 18.9 Å². The second-order valence-corrected chi connectivity index (χ2v) is 4.26. The average Bonchev–Trinajstić information content (AvgIpc) is 2.80. The van der Waals surface area contributed by atoms with E-state index in [1.54, 1.807) is 6.20 Å². The molecule has 3 aromatic rings. The number of aromatic nitrogens is 3. The molecule has 0 atom stereocenters. The number of para-hydroxylation sites is 2. The van der Waals surface area contributed by atoms with E-state index in [1.165, 1.54) is 11.1 Å². The van der Waals surface area contributed by atoms with Gasteiger partial charge < -0.3 is 10.3 Å². The van der Waals surface area contributed by atoms with Gasteiger partial charge in [0.15, 0.2) is 0 Å². The van der Waals surface area contributed by atoms with E-state index in [1.807, 2.05) is 36.5 Å². The monoisotopic (exact) mass is 238 g/mol. The molecule has 0 unspecified atom stereocenters. The van der Waals surface area contributed by atoms with Crippen LogP contribution in [0, 0.1) is 6.92 Å². The summed E-state index contributed by atoms with van der Waals surface area (Å²) in [6.45, 7) is 2.80. The zero-order valence-corrected chi connectivity index (χ0v) is 10.1. The number of nitrogens with zero attached hydrogens (tertiary/aromatic N) is 2. The van der Waals surface area contributed by atoms with Crippen LogP contribution in [0.3, 0.4) is 0 Å². The van der Waals surface area contributed by atoms with Gasteiger partial charge in [0.05, 0.1) is 11.0 Å². The second-order valence-electron chi connectivity index (χ2n) is 4.26. The fraction of sp³-hybridized carbons (Fsp3) is 0.143. The summed E-state index contributed by atoms with van der Waals surface area (Å²) in [5, 5.41) is 3.28. The minimum atomic E-state index is 0.722. The van der Waals surface area contributed by atoms with E-state index >= 15 is 0 Å². The van der Waals surface area contributed by atoms with E-state index in [0.29, 0.717) is 0 Å². The molecule has 0 aliphatic carbocycles. The summed E-state index contributed by atoms with van der Waals surface area (Å²) < 4.78 is 0. The highest BCUT2D eigenvalue weighted by Gasteiger charge is 2.02. The van der Waals surface area contributed by atoms with Gasteiger partial charge in [-0.25, -0.2) is 4.98 Å². The first-order chi connectivity index (χ1) is 8.83. The SMILES string of the molecule is Cc1ccncc1CNc1nc2ccccc2[nH]1. The Labute approximate surface area is 105 Å². The maximum Gasteiger partial charge on any atom is 0.201 e. The van der Waals surface area contributed by atoms with Crippen LogP contribution >= 0.6 is 0 Å². The van der Waals surface area contributed by atoms with Crippen molar-refractivity contribution in [1.29, 1.82) is 0 Å². The first-order valence-electron chi connectivity index (χ1n) is 5.91. The van der Waals surface area contributed by atoms with Gasteiger partial charge >= 0.3 is 0 Å². The molecular formula is C14H14N4. The third kappa shape index (κ3) is 2.05. The van der Waals surface area contributed by atoms with E-state index in [9.17, 15) is 0 Å². The van der Waals surface area contributed by atoms with E-state index < -0.39 is 0 Å². The number of fused-ring (bicyclic) bond motifs is 1. The quantitative estimate of drug-likeness (QED) is 0.737. The van der Waals surface area contributed by atoms with Gasteiger partial charge in [0.25, 0.3) is 0 Å². The van der Waals surface area contributed by atoms with E-state index in [0.717, 1.165) is 23.5 Å². The van der Waals surface area contributed by atoms with Crippen molar-refractivity contribution in [2.75, 3.05) is 5.32 Å². The second kappa shape index (κ2) is 4.49. The minimum Gasteiger partial charge on any atom is -0.352 e. The van der Waals surface area contributed by atoms with Gasteiger partial charge in [0.1, 0.15) is 0 Å². The Kier molecular flexibility index (Phi) is 2.68. The van der Waals surface area contributed by atoms with Crippen LogP contribution in [0.2, 0.25) is 0 Å². The molecule has 0 saturated heterocycles. The number of nitrogens with one attached hydrogen (secondary N) is 2. The first-order valence-corrected chi connectivity index (χ1v) is 5.91. The van der Waals surface area contributed by atoms with Crippen LogP contribution < -0.4 is 5.32 Å². The molecule has 0 bridgehead atoms. The summed E-state index contributed by atoms with van der Waals surface area (Å²) in [5.74, 6) is 0.791. The fourth-order valence-corrected chi connectivity index (χ4v) is 1.90. The third-order valence-corrected chi connectivity index (χ3v) is 2.98. The molecule has 0 aliphatic rings.